The first-order valence-electron chi connectivity index (χ1n) is 11.5. The van der Waals surface area contributed by atoms with Crippen LogP contribution in [0.5, 0.6) is 11.7 Å². The zero-order valence-corrected chi connectivity index (χ0v) is 21.3. The molecule has 1 saturated heterocycles. The molecule has 2 aromatic carbocycles. The molecule has 1 atom stereocenters. The summed E-state index contributed by atoms with van der Waals surface area (Å²) in [6, 6.07) is 12.3. The average molecular weight is 524 g/mol. The highest BCUT2D eigenvalue weighted by Crippen LogP contribution is 2.30. The van der Waals surface area contributed by atoms with Gasteiger partial charge in [0.15, 0.2) is 23.9 Å². The molecule has 1 aromatic heterocycles. The van der Waals surface area contributed by atoms with Gasteiger partial charge in [-0.1, -0.05) is 4.68 Å². The molecule has 0 aliphatic carbocycles. The number of ketones is 1. The summed E-state index contributed by atoms with van der Waals surface area (Å²) in [5.41, 5.74) is 1.67. The zero-order chi connectivity index (χ0) is 26.7. The van der Waals surface area contributed by atoms with Crippen molar-refractivity contribution >= 4 is 46.3 Å². The minimum atomic E-state index is -0.982. The summed E-state index contributed by atoms with van der Waals surface area (Å²) in [5.74, 6) is -0.964. The summed E-state index contributed by atoms with van der Waals surface area (Å²) in [4.78, 5) is 40.9. The van der Waals surface area contributed by atoms with Crippen molar-refractivity contribution in [1.29, 1.82) is 0 Å². The van der Waals surface area contributed by atoms with Crippen LogP contribution in [0.15, 0.2) is 53.1 Å². The van der Waals surface area contributed by atoms with E-state index in [4.69, 9.17) is 21.5 Å². The summed E-state index contributed by atoms with van der Waals surface area (Å²) < 4.78 is 11.4. The Hall–Kier alpha value is -4.32. The second-order valence-electron chi connectivity index (χ2n) is 8.34. The molecule has 3 aromatic rings. The van der Waals surface area contributed by atoms with Crippen molar-refractivity contribution in [2.45, 2.75) is 32.9 Å². The third-order valence-corrected chi connectivity index (χ3v) is 6.29. The Kier molecular flexibility index (Phi) is 7.48. The van der Waals surface area contributed by atoms with Gasteiger partial charge in [0.2, 0.25) is 5.91 Å². The SMILES string of the molecule is CCOc1ccc(N2C(=O)C(CC(=O)Nc3ccc(C(C)=O)cc3)N(Cc3c([O-])on[n+]3C)C2=S)cc1. The van der Waals surface area contributed by atoms with Crippen molar-refractivity contribution in [3.8, 4) is 11.7 Å². The predicted octanol–water partition coefficient (Wildman–Crippen LogP) is 1.71. The number of aromatic nitrogens is 2. The number of rotatable bonds is 9. The highest BCUT2D eigenvalue weighted by Gasteiger charge is 2.45. The fourth-order valence-corrected chi connectivity index (χ4v) is 4.33. The summed E-state index contributed by atoms with van der Waals surface area (Å²) in [6.07, 6.45) is -0.232. The number of Topliss-reactive ketones (excluding diaryl/α,β-unsaturated/α-hetero) is 1. The van der Waals surface area contributed by atoms with Gasteiger partial charge >= 0.3 is 0 Å². The Bertz CT molecular complexity index is 1320. The molecule has 1 fully saturated rings. The summed E-state index contributed by atoms with van der Waals surface area (Å²) in [6.45, 7) is 3.74. The minimum absolute atomic E-state index is 0.0812. The molecule has 4 rings (SSSR count). The van der Waals surface area contributed by atoms with Crippen LogP contribution < -0.4 is 24.7 Å². The maximum absolute atomic E-state index is 13.6. The van der Waals surface area contributed by atoms with Crippen LogP contribution in [0.4, 0.5) is 11.4 Å². The van der Waals surface area contributed by atoms with E-state index in [0.29, 0.717) is 29.3 Å². The van der Waals surface area contributed by atoms with E-state index in [-0.39, 0.29) is 29.6 Å². The number of benzene rings is 2. The number of carbonyl (C=O) groups excluding carboxylic acids is 3. The lowest BCUT2D eigenvalue weighted by Gasteiger charge is -2.22. The minimum Gasteiger partial charge on any atom is -0.539 e. The Morgan fingerprint density at radius 2 is 1.86 bits per heavy atom. The van der Waals surface area contributed by atoms with E-state index in [2.05, 4.69) is 10.6 Å². The summed E-state index contributed by atoms with van der Waals surface area (Å²) in [7, 11) is 1.54. The zero-order valence-electron chi connectivity index (χ0n) is 20.5. The standard InChI is InChI=1S/C25H25N5O6S/c1-4-35-19-11-9-18(10-12-19)30-23(33)20(29(25(30)37)14-21-24(34)36-27-28(21)3)13-22(32)26-17-7-5-16(6-8-17)15(2)31/h5-12,20H,4,13-14H2,1-3H3,(H-,26,27,31,32,34). The Morgan fingerprint density at radius 1 is 1.19 bits per heavy atom. The van der Waals surface area contributed by atoms with E-state index in [1.807, 2.05) is 6.92 Å². The van der Waals surface area contributed by atoms with Crippen LogP contribution in [0.25, 0.3) is 0 Å². The number of thiocarbonyl (C=S) groups is 1. The van der Waals surface area contributed by atoms with Crippen LogP contribution in [0.2, 0.25) is 0 Å². The van der Waals surface area contributed by atoms with Gasteiger partial charge in [0, 0.05) is 11.3 Å². The van der Waals surface area contributed by atoms with Crippen molar-refractivity contribution in [1.82, 2.24) is 10.2 Å². The fourth-order valence-electron chi connectivity index (χ4n) is 3.95. The monoisotopic (exact) mass is 523 g/mol. The molecule has 0 bridgehead atoms. The molecule has 37 heavy (non-hydrogen) atoms. The predicted molar refractivity (Wildman–Crippen MR) is 134 cm³/mol. The van der Waals surface area contributed by atoms with Gasteiger partial charge < -0.3 is 24.6 Å². The largest absolute Gasteiger partial charge is 0.539 e. The van der Waals surface area contributed by atoms with Gasteiger partial charge in [-0.2, -0.15) is 0 Å². The number of carbonyl (C=O) groups is 3. The number of hydrogen-bond acceptors (Lipinski definition) is 8. The smallest absolute Gasteiger partial charge is 0.256 e. The molecule has 0 spiro atoms. The van der Waals surface area contributed by atoms with Crippen LogP contribution in [-0.2, 0) is 23.2 Å². The van der Waals surface area contributed by atoms with Crippen LogP contribution in [0, 0.1) is 0 Å². The number of amides is 2. The Labute approximate surface area is 218 Å². The lowest BCUT2D eigenvalue weighted by Crippen LogP contribution is -2.42. The molecule has 11 nitrogen and oxygen atoms in total. The van der Waals surface area contributed by atoms with Gasteiger partial charge in [0.25, 0.3) is 11.6 Å². The number of anilines is 2. The summed E-state index contributed by atoms with van der Waals surface area (Å²) >= 11 is 5.64. The molecule has 2 heterocycles. The van der Waals surface area contributed by atoms with Gasteiger partial charge in [-0.3, -0.25) is 19.3 Å². The first-order chi connectivity index (χ1) is 17.7. The van der Waals surface area contributed by atoms with Crippen molar-refractivity contribution in [2.24, 2.45) is 7.05 Å². The first-order valence-corrected chi connectivity index (χ1v) is 11.9. The van der Waals surface area contributed by atoms with Gasteiger partial charge in [-0.15, -0.1) is 0 Å². The second-order valence-corrected chi connectivity index (χ2v) is 8.71. The topological polar surface area (TPSA) is 132 Å². The Balaban J connectivity index is 1.59. The maximum atomic E-state index is 13.6. The van der Waals surface area contributed by atoms with Crippen molar-refractivity contribution in [3.63, 3.8) is 0 Å². The highest BCUT2D eigenvalue weighted by molar-refractivity contribution is 7.80. The van der Waals surface area contributed by atoms with E-state index >= 15 is 0 Å². The quantitative estimate of drug-likeness (QED) is 0.253. The molecule has 1 N–H and O–H groups in total. The van der Waals surface area contributed by atoms with Gasteiger partial charge in [-0.05, 0) is 74.6 Å². The van der Waals surface area contributed by atoms with E-state index in [9.17, 15) is 19.5 Å². The number of ether oxygens (including phenoxy) is 1. The van der Waals surface area contributed by atoms with E-state index in [1.165, 1.54) is 28.5 Å². The second kappa shape index (κ2) is 10.7. The third-order valence-electron chi connectivity index (χ3n) is 5.87. The molecule has 192 valence electrons. The van der Waals surface area contributed by atoms with Gasteiger partial charge in [0.05, 0.1) is 24.0 Å². The van der Waals surface area contributed by atoms with Gasteiger partial charge in [0.1, 0.15) is 18.3 Å². The number of nitrogens with one attached hydrogen (secondary N) is 1. The van der Waals surface area contributed by atoms with Crippen LogP contribution in [0.3, 0.4) is 0 Å². The normalized spacial score (nSPS) is 15.3. The van der Waals surface area contributed by atoms with Crippen molar-refractivity contribution < 1.29 is 33.4 Å². The molecule has 1 aliphatic rings. The molecule has 0 radical (unpaired) electrons. The van der Waals surface area contributed by atoms with Crippen LogP contribution >= 0.6 is 12.2 Å². The number of nitrogens with zero attached hydrogens (tertiary/aromatic N) is 4. The number of aryl methyl sites for hydroxylation is 1. The molecule has 1 unspecified atom stereocenters. The van der Waals surface area contributed by atoms with E-state index in [0.717, 1.165) is 0 Å². The van der Waals surface area contributed by atoms with Crippen molar-refractivity contribution in [2.75, 3.05) is 16.8 Å². The summed E-state index contributed by atoms with van der Waals surface area (Å²) in [5, 5.41) is 18.7. The highest BCUT2D eigenvalue weighted by atomic mass is 32.1. The average Bonchev–Trinajstić information content (AvgIpc) is 3.30. The first kappa shape index (κ1) is 25.8. The lowest BCUT2D eigenvalue weighted by molar-refractivity contribution is -0.746. The van der Waals surface area contributed by atoms with Crippen LogP contribution in [-0.4, -0.2) is 45.5 Å². The fraction of sp³-hybridized carbons (Fsp3) is 0.280. The van der Waals surface area contributed by atoms with E-state index in [1.54, 1.807) is 48.5 Å². The van der Waals surface area contributed by atoms with Gasteiger partial charge in [-0.25, -0.2) is 0 Å². The third kappa shape index (κ3) is 5.43. The molecule has 2 amide bonds. The van der Waals surface area contributed by atoms with E-state index < -0.39 is 23.8 Å². The molecular formula is C25H25N5O6S. The molecule has 1 aliphatic heterocycles. The molecule has 12 heteroatoms. The van der Waals surface area contributed by atoms with Crippen LogP contribution in [0.1, 0.15) is 36.3 Å². The number of hydrogen-bond donors (Lipinski definition) is 1. The maximum Gasteiger partial charge on any atom is 0.256 e. The lowest BCUT2D eigenvalue weighted by atomic mass is 10.1. The van der Waals surface area contributed by atoms with Crippen molar-refractivity contribution in [3.05, 3.63) is 59.8 Å². The Morgan fingerprint density at radius 3 is 2.43 bits per heavy atom. The molecular weight excluding hydrogens is 498 g/mol. The molecule has 0 saturated carbocycles.